The third-order valence-electron chi connectivity index (χ3n) is 3.89. The molecule has 0 spiro atoms. The first-order valence-corrected chi connectivity index (χ1v) is 8.47. The molecule has 1 heterocycles. The molecule has 1 aromatic carbocycles. The molecule has 0 saturated heterocycles. The number of amides is 1. The maximum absolute atomic E-state index is 12.0. The molecule has 0 aliphatic heterocycles. The summed E-state index contributed by atoms with van der Waals surface area (Å²) in [6, 6.07) is 8.38. The van der Waals surface area contributed by atoms with E-state index in [0.29, 0.717) is 6.04 Å². The van der Waals surface area contributed by atoms with Gasteiger partial charge in [-0.2, -0.15) is 0 Å². The number of thiazole rings is 1. The van der Waals surface area contributed by atoms with Gasteiger partial charge in [-0.05, 0) is 31.1 Å². The molecule has 1 fully saturated rings. The number of hydrogen-bond acceptors (Lipinski definition) is 3. The Morgan fingerprint density at radius 2 is 1.95 bits per heavy atom. The van der Waals surface area contributed by atoms with Gasteiger partial charge in [0.2, 0.25) is 5.91 Å². The summed E-state index contributed by atoms with van der Waals surface area (Å²) in [6.07, 6.45) is 10.7. The molecular formula is C17H20N2OS. The molecule has 1 aliphatic rings. The van der Waals surface area contributed by atoms with Gasteiger partial charge in [0.1, 0.15) is 5.01 Å². The summed E-state index contributed by atoms with van der Waals surface area (Å²) in [6.45, 7) is 0. The molecule has 1 N–H and O–H groups in total. The van der Waals surface area contributed by atoms with Crippen LogP contribution < -0.4 is 5.32 Å². The van der Waals surface area contributed by atoms with Crippen molar-refractivity contribution >= 4 is 33.5 Å². The summed E-state index contributed by atoms with van der Waals surface area (Å²) in [7, 11) is 0. The van der Waals surface area contributed by atoms with Crippen LogP contribution in [0.15, 0.2) is 30.3 Å². The van der Waals surface area contributed by atoms with Crippen molar-refractivity contribution in [2.75, 3.05) is 0 Å². The molecule has 0 bridgehead atoms. The fourth-order valence-electron chi connectivity index (χ4n) is 2.78. The lowest BCUT2D eigenvalue weighted by Crippen LogP contribution is -2.33. The Morgan fingerprint density at radius 3 is 2.71 bits per heavy atom. The van der Waals surface area contributed by atoms with E-state index in [9.17, 15) is 4.79 Å². The standard InChI is InChI=1S/C17H20N2OS/c20-16(18-13-7-3-1-2-4-8-13)11-12-17-19-14-9-5-6-10-15(14)21-17/h5-6,9-13H,1-4,7-8H2,(H,18,20). The highest BCUT2D eigenvalue weighted by atomic mass is 32.1. The Kier molecular flexibility index (Phi) is 4.65. The highest BCUT2D eigenvalue weighted by molar-refractivity contribution is 7.19. The first-order chi connectivity index (χ1) is 10.3. The van der Waals surface area contributed by atoms with Crippen molar-refractivity contribution in [1.82, 2.24) is 10.3 Å². The normalized spacial score (nSPS) is 17.1. The van der Waals surface area contributed by atoms with Gasteiger partial charge >= 0.3 is 0 Å². The van der Waals surface area contributed by atoms with Gasteiger partial charge in [-0.3, -0.25) is 4.79 Å². The summed E-state index contributed by atoms with van der Waals surface area (Å²) < 4.78 is 1.15. The summed E-state index contributed by atoms with van der Waals surface area (Å²) in [4.78, 5) is 16.5. The fraction of sp³-hybridized carbons (Fsp3) is 0.412. The third kappa shape index (κ3) is 3.91. The van der Waals surface area contributed by atoms with Crippen LogP contribution in [0.2, 0.25) is 0 Å². The Bertz CT molecular complexity index is 606. The first-order valence-electron chi connectivity index (χ1n) is 7.65. The van der Waals surface area contributed by atoms with Gasteiger partial charge < -0.3 is 5.32 Å². The van der Waals surface area contributed by atoms with Crippen LogP contribution in [0.1, 0.15) is 43.5 Å². The predicted molar refractivity (Wildman–Crippen MR) is 88.3 cm³/mol. The summed E-state index contributed by atoms with van der Waals surface area (Å²) in [5.74, 6) is 0.00107. The van der Waals surface area contributed by atoms with E-state index < -0.39 is 0 Å². The molecule has 2 aromatic rings. The molecule has 0 atom stereocenters. The van der Waals surface area contributed by atoms with Gasteiger partial charge in [-0.1, -0.05) is 37.8 Å². The van der Waals surface area contributed by atoms with Crippen LogP contribution in [0, 0.1) is 0 Å². The van der Waals surface area contributed by atoms with Crippen molar-refractivity contribution in [3.8, 4) is 0 Å². The minimum absolute atomic E-state index is 0.00107. The van der Waals surface area contributed by atoms with E-state index in [2.05, 4.69) is 16.4 Å². The van der Waals surface area contributed by atoms with Crippen molar-refractivity contribution < 1.29 is 4.79 Å². The lowest BCUT2D eigenvalue weighted by atomic mass is 10.1. The van der Waals surface area contributed by atoms with E-state index in [4.69, 9.17) is 0 Å². The van der Waals surface area contributed by atoms with Crippen LogP contribution in [0.25, 0.3) is 16.3 Å². The Labute approximate surface area is 129 Å². The van der Waals surface area contributed by atoms with Crippen molar-refractivity contribution in [3.63, 3.8) is 0 Å². The van der Waals surface area contributed by atoms with E-state index in [0.717, 1.165) is 28.1 Å². The smallest absolute Gasteiger partial charge is 0.244 e. The number of fused-ring (bicyclic) bond motifs is 1. The lowest BCUT2D eigenvalue weighted by Gasteiger charge is -2.14. The molecule has 110 valence electrons. The van der Waals surface area contributed by atoms with E-state index in [1.54, 1.807) is 17.4 Å². The number of carbonyl (C=O) groups excluding carboxylic acids is 1. The predicted octanol–water partition coefficient (Wildman–Crippen LogP) is 4.15. The molecule has 1 aliphatic carbocycles. The monoisotopic (exact) mass is 300 g/mol. The van der Waals surface area contributed by atoms with Gasteiger partial charge in [-0.25, -0.2) is 4.98 Å². The topological polar surface area (TPSA) is 42.0 Å². The minimum Gasteiger partial charge on any atom is -0.350 e. The number of hydrogen-bond donors (Lipinski definition) is 1. The molecular weight excluding hydrogens is 280 g/mol. The molecule has 3 nitrogen and oxygen atoms in total. The van der Waals surface area contributed by atoms with E-state index in [1.807, 2.05) is 24.3 Å². The number of aromatic nitrogens is 1. The molecule has 21 heavy (non-hydrogen) atoms. The van der Waals surface area contributed by atoms with Crippen molar-refractivity contribution in [3.05, 3.63) is 35.3 Å². The minimum atomic E-state index is 0.00107. The van der Waals surface area contributed by atoms with Crippen LogP contribution in [0.5, 0.6) is 0 Å². The average Bonchev–Trinajstić information content (AvgIpc) is 2.74. The van der Waals surface area contributed by atoms with Crippen molar-refractivity contribution in [1.29, 1.82) is 0 Å². The number of carbonyl (C=O) groups is 1. The van der Waals surface area contributed by atoms with Crippen molar-refractivity contribution in [2.45, 2.75) is 44.6 Å². The largest absolute Gasteiger partial charge is 0.350 e. The maximum atomic E-state index is 12.0. The molecule has 1 aromatic heterocycles. The SMILES string of the molecule is O=C(C=Cc1nc2ccccc2s1)NC1CCCCCC1. The summed E-state index contributed by atoms with van der Waals surface area (Å²) in [5, 5.41) is 4.00. The number of benzene rings is 1. The second-order valence-corrected chi connectivity index (χ2v) is 6.61. The summed E-state index contributed by atoms with van der Waals surface area (Å²) >= 11 is 1.61. The van der Waals surface area contributed by atoms with Gasteiger partial charge in [0.25, 0.3) is 0 Å². The zero-order chi connectivity index (χ0) is 14.5. The molecule has 0 unspecified atom stereocenters. The lowest BCUT2D eigenvalue weighted by molar-refractivity contribution is -0.117. The first kappa shape index (κ1) is 14.3. The molecule has 4 heteroatoms. The number of para-hydroxylation sites is 1. The van der Waals surface area contributed by atoms with E-state index in [-0.39, 0.29) is 5.91 Å². The van der Waals surface area contributed by atoms with Crippen LogP contribution in [-0.2, 0) is 4.79 Å². The van der Waals surface area contributed by atoms with Crippen molar-refractivity contribution in [2.24, 2.45) is 0 Å². The van der Waals surface area contributed by atoms with Gasteiger partial charge in [0.15, 0.2) is 0 Å². The number of nitrogens with zero attached hydrogens (tertiary/aromatic N) is 1. The maximum Gasteiger partial charge on any atom is 0.244 e. The molecule has 1 amide bonds. The van der Waals surface area contributed by atoms with Gasteiger partial charge in [0.05, 0.1) is 10.2 Å². The van der Waals surface area contributed by atoms with Crippen LogP contribution in [0.4, 0.5) is 0 Å². The zero-order valence-electron chi connectivity index (χ0n) is 12.0. The highest BCUT2D eigenvalue weighted by Crippen LogP contribution is 2.22. The Hall–Kier alpha value is -1.68. The van der Waals surface area contributed by atoms with Crippen LogP contribution >= 0.6 is 11.3 Å². The molecule has 1 saturated carbocycles. The van der Waals surface area contributed by atoms with Gasteiger partial charge in [0, 0.05) is 12.1 Å². The zero-order valence-corrected chi connectivity index (χ0v) is 12.9. The number of rotatable bonds is 3. The highest BCUT2D eigenvalue weighted by Gasteiger charge is 2.13. The van der Waals surface area contributed by atoms with E-state index >= 15 is 0 Å². The average molecular weight is 300 g/mol. The Morgan fingerprint density at radius 1 is 1.19 bits per heavy atom. The second kappa shape index (κ2) is 6.85. The Balaban J connectivity index is 1.60. The van der Waals surface area contributed by atoms with Crippen LogP contribution in [-0.4, -0.2) is 16.9 Å². The second-order valence-electron chi connectivity index (χ2n) is 5.55. The van der Waals surface area contributed by atoms with Gasteiger partial charge in [-0.15, -0.1) is 11.3 Å². The summed E-state index contributed by atoms with van der Waals surface area (Å²) in [5.41, 5.74) is 0.992. The quantitative estimate of drug-likeness (QED) is 0.683. The van der Waals surface area contributed by atoms with Crippen LogP contribution in [0.3, 0.4) is 0 Å². The number of nitrogens with one attached hydrogen (secondary N) is 1. The molecule has 3 rings (SSSR count). The third-order valence-corrected chi connectivity index (χ3v) is 4.89. The van der Waals surface area contributed by atoms with E-state index in [1.165, 1.54) is 25.7 Å². The molecule has 0 radical (unpaired) electrons. The fourth-order valence-corrected chi connectivity index (χ4v) is 3.65.